The Kier molecular flexibility index (Phi) is 3.95. The standard InChI is InChI=1S/C15H20OS/c1-3-9-15(16)10-5-8-14(15)12-6-4-7-13(11-12)17-2/h3-4,6-7,11,14,16H,1,5,8-10H2,2H3/t14-,15-/m1/s1. The second kappa shape index (κ2) is 5.28. The molecule has 0 aliphatic heterocycles. The van der Waals surface area contributed by atoms with Crippen LogP contribution in [0.5, 0.6) is 0 Å². The lowest BCUT2D eigenvalue weighted by molar-refractivity contribution is 0.0330. The maximum absolute atomic E-state index is 10.7. The molecule has 0 bridgehead atoms. The van der Waals surface area contributed by atoms with Gasteiger partial charge in [0, 0.05) is 10.8 Å². The van der Waals surface area contributed by atoms with Crippen LogP contribution in [0.15, 0.2) is 41.8 Å². The van der Waals surface area contributed by atoms with E-state index in [1.54, 1.807) is 11.8 Å². The molecule has 1 aromatic rings. The van der Waals surface area contributed by atoms with E-state index in [1.165, 1.54) is 10.5 Å². The predicted octanol–water partition coefficient (Wildman–Crippen LogP) is 3.98. The van der Waals surface area contributed by atoms with Crippen molar-refractivity contribution in [1.29, 1.82) is 0 Å². The van der Waals surface area contributed by atoms with Gasteiger partial charge in [0.25, 0.3) is 0 Å². The molecule has 1 fully saturated rings. The minimum atomic E-state index is -0.571. The summed E-state index contributed by atoms with van der Waals surface area (Å²) in [5.41, 5.74) is 0.706. The fraction of sp³-hybridized carbons (Fsp3) is 0.467. The Morgan fingerprint density at radius 2 is 2.41 bits per heavy atom. The Balaban J connectivity index is 2.28. The van der Waals surface area contributed by atoms with Crippen LogP contribution in [0.2, 0.25) is 0 Å². The molecule has 1 saturated carbocycles. The molecule has 17 heavy (non-hydrogen) atoms. The van der Waals surface area contributed by atoms with Gasteiger partial charge in [0.05, 0.1) is 5.60 Å². The summed E-state index contributed by atoms with van der Waals surface area (Å²) in [7, 11) is 0. The number of aliphatic hydroxyl groups is 1. The van der Waals surface area contributed by atoms with Crippen LogP contribution < -0.4 is 0 Å². The highest BCUT2D eigenvalue weighted by Crippen LogP contribution is 2.45. The first-order valence-corrected chi connectivity index (χ1v) is 7.39. The van der Waals surface area contributed by atoms with Gasteiger partial charge in [-0.3, -0.25) is 0 Å². The molecule has 0 spiro atoms. The van der Waals surface area contributed by atoms with Crippen molar-refractivity contribution in [3.63, 3.8) is 0 Å². The largest absolute Gasteiger partial charge is 0.389 e. The van der Waals surface area contributed by atoms with Crippen molar-refractivity contribution in [3.8, 4) is 0 Å². The first kappa shape index (κ1) is 12.7. The average molecular weight is 248 g/mol. The highest BCUT2D eigenvalue weighted by Gasteiger charge is 2.40. The molecule has 0 unspecified atom stereocenters. The van der Waals surface area contributed by atoms with E-state index in [9.17, 15) is 5.11 Å². The maximum Gasteiger partial charge on any atom is 0.0750 e. The first-order valence-electron chi connectivity index (χ1n) is 6.17. The first-order chi connectivity index (χ1) is 8.19. The van der Waals surface area contributed by atoms with Crippen molar-refractivity contribution in [2.45, 2.75) is 42.1 Å². The zero-order valence-corrected chi connectivity index (χ0v) is 11.2. The van der Waals surface area contributed by atoms with Gasteiger partial charge in [0.15, 0.2) is 0 Å². The highest BCUT2D eigenvalue weighted by atomic mass is 32.2. The quantitative estimate of drug-likeness (QED) is 0.642. The third kappa shape index (κ3) is 2.58. The molecule has 2 heteroatoms. The molecule has 2 atom stereocenters. The Morgan fingerprint density at radius 1 is 1.59 bits per heavy atom. The van der Waals surface area contributed by atoms with Gasteiger partial charge in [-0.15, -0.1) is 18.3 Å². The molecule has 92 valence electrons. The Labute approximate surface area is 108 Å². The normalized spacial score (nSPS) is 28.2. The Morgan fingerprint density at radius 3 is 3.12 bits per heavy atom. The van der Waals surface area contributed by atoms with Crippen molar-refractivity contribution in [2.24, 2.45) is 0 Å². The van der Waals surface area contributed by atoms with E-state index in [4.69, 9.17) is 0 Å². The second-order valence-electron chi connectivity index (χ2n) is 4.82. The van der Waals surface area contributed by atoms with Crippen LogP contribution in [-0.4, -0.2) is 17.0 Å². The molecular formula is C15H20OS. The van der Waals surface area contributed by atoms with Crippen molar-refractivity contribution in [1.82, 2.24) is 0 Å². The summed E-state index contributed by atoms with van der Waals surface area (Å²) in [5.74, 6) is 0.271. The second-order valence-corrected chi connectivity index (χ2v) is 5.70. The van der Waals surface area contributed by atoms with Crippen LogP contribution in [0.1, 0.15) is 37.2 Å². The summed E-state index contributed by atoms with van der Waals surface area (Å²) in [4.78, 5) is 1.27. The zero-order valence-electron chi connectivity index (χ0n) is 10.4. The van der Waals surface area contributed by atoms with E-state index in [1.807, 2.05) is 6.08 Å². The summed E-state index contributed by atoms with van der Waals surface area (Å²) in [5, 5.41) is 10.7. The molecule has 0 heterocycles. The van der Waals surface area contributed by atoms with E-state index in [0.29, 0.717) is 6.42 Å². The molecular weight excluding hydrogens is 228 g/mol. The van der Waals surface area contributed by atoms with E-state index < -0.39 is 5.60 Å². The third-order valence-electron chi connectivity index (χ3n) is 3.75. The SMILES string of the molecule is C=CC[C@@]1(O)CCC[C@@H]1c1cccc(SC)c1. The molecule has 0 radical (unpaired) electrons. The van der Waals surface area contributed by atoms with Crippen molar-refractivity contribution in [2.75, 3.05) is 6.26 Å². The summed E-state index contributed by atoms with van der Waals surface area (Å²) in [6.07, 6.45) is 7.72. The fourth-order valence-electron chi connectivity index (χ4n) is 2.88. The minimum absolute atomic E-state index is 0.271. The van der Waals surface area contributed by atoms with Gasteiger partial charge < -0.3 is 5.11 Å². The van der Waals surface area contributed by atoms with Crippen molar-refractivity contribution in [3.05, 3.63) is 42.5 Å². The van der Waals surface area contributed by atoms with Gasteiger partial charge in [0.1, 0.15) is 0 Å². The number of benzene rings is 1. The zero-order chi connectivity index (χ0) is 12.3. The molecule has 1 aliphatic rings. The summed E-state index contributed by atoms with van der Waals surface area (Å²) < 4.78 is 0. The van der Waals surface area contributed by atoms with Crippen LogP contribution in [0.3, 0.4) is 0 Å². The van der Waals surface area contributed by atoms with Crippen molar-refractivity contribution < 1.29 is 5.11 Å². The maximum atomic E-state index is 10.7. The fourth-order valence-corrected chi connectivity index (χ4v) is 3.35. The molecule has 1 N–H and O–H groups in total. The molecule has 2 rings (SSSR count). The smallest absolute Gasteiger partial charge is 0.0750 e. The van der Waals surface area contributed by atoms with Gasteiger partial charge in [-0.2, -0.15) is 0 Å². The minimum Gasteiger partial charge on any atom is -0.389 e. The summed E-state index contributed by atoms with van der Waals surface area (Å²) in [6.45, 7) is 3.77. The molecule has 0 amide bonds. The van der Waals surface area contributed by atoms with Gasteiger partial charge in [-0.25, -0.2) is 0 Å². The van der Waals surface area contributed by atoms with E-state index >= 15 is 0 Å². The van der Waals surface area contributed by atoms with E-state index in [0.717, 1.165) is 19.3 Å². The van der Waals surface area contributed by atoms with Gasteiger partial charge >= 0.3 is 0 Å². The van der Waals surface area contributed by atoms with Crippen LogP contribution >= 0.6 is 11.8 Å². The monoisotopic (exact) mass is 248 g/mol. The van der Waals surface area contributed by atoms with Crippen LogP contribution in [0.25, 0.3) is 0 Å². The van der Waals surface area contributed by atoms with E-state index in [-0.39, 0.29) is 5.92 Å². The third-order valence-corrected chi connectivity index (χ3v) is 4.47. The Hall–Kier alpha value is -0.730. The van der Waals surface area contributed by atoms with Crippen LogP contribution in [-0.2, 0) is 0 Å². The lowest BCUT2D eigenvalue weighted by Crippen LogP contribution is -2.30. The van der Waals surface area contributed by atoms with Crippen LogP contribution in [0.4, 0.5) is 0 Å². The van der Waals surface area contributed by atoms with Gasteiger partial charge in [0.2, 0.25) is 0 Å². The van der Waals surface area contributed by atoms with E-state index in [2.05, 4.69) is 37.1 Å². The summed E-state index contributed by atoms with van der Waals surface area (Å²) >= 11 is 1.75. The van der Waals surface area contributed by atoms with Crippen molar-refractivity contribution >= 4 is 11.8 Å². The summed E-state index contributed by atoms with van der Waals surface area (Å²) in [6, 6.07) is 8.57. The number of hydrogen-bond donors (Lipinski definition) is 1. The molecule has 1 nitrogen and oxygen atoms in total. The highest BCUT2D eigenvalue weighted by molar-refractivity contribution is 7.98. The molecule has 1 aliphatic carbocycles. The lowest BCUT2D eigenvalue weighted by atomic mass is 9.83. The lowest BCUT2D eigenvalue weighted by Gasteiger charge is -2.29. The predicted molar refractivity (Wildman–Crippen MR) is 74.6 cm³/mol. The number of rotatable bonds is 4. The van der Waals surface area contributed by atoms with Gasteiger partial charge in [-0.05, 0) is 49.6 Å². The average Bonchev–Trinajstić information content (AvgIpc) is 2.71. The topological polar surface area (TPSA) is 20.2 Å². The van der Waals surface area contributed by atoms with Crippen LogP contribution in [0, 0.1) is 0 Å². The Bertz CT molecular complexity index is 402. The molecule has 0 saturated heterocycles. The number of thioether (sulfide) groups is 1. The molecule has 0 aromatic heterocycles. The van der Waals surface area contributed by atoms with Gasteiger partial charge in [-0.1, -0.05) is 18.2 Å². The number of hydrogen-bond acceptors (Lipinski definition) is 2. The molecule has 1 aromatic carbocycles.